The molecule has 0 aliphatic rings. The number of para-hydroxylation sites is 1. The van der Waals surface area contributed by atoms with Crippen LogP contribution in [0.5, 0.6) is 0 Å². The summed E-state index contributed by atoms with van der Waals surface area (Å²) in [7, 11) is 0. The van der Waals surface area contributed by atoms with Crippen molar-refractivity contribution < 1.29 is 14.6 Å². The lowest BCUT2D eigenvalue weighted by Gasteiger charge is -2.05. The van der Waals surface area contributed by atoms with E-state index in [0.717, 1.165) is 46.3 Å². The molecule has 0 spiro atoms. The molecule has 5 heteroatoms. The van der Waals surface area contributed by atoms with Crippen LogP contribution in [0.1, 0.15) is 29.0 Å². The van der Waals surface area contributed by atoms with E-state index < -0.39 is 0 Å². The summed E-state index contributed by atoms with van der Waals surface area (Å²) in [6.45, 7) is -0.0622. The number of nitrogens with one attached hydrogen (secondary N) is 1. The third-order valence-electron chi connectivity index (χ3n) is 5.94. The van der Waals surface area contributed by atoms with Gasteiger partial charge in [0.15, 0.2) is 11.7 Å². The van der Waals surface area contributed by atoms with Gasteiger partial charge >= 0.3 is 0 Å². The number of nitrogens with zero attached hydrogens (tertiary/aromatic N) is 1. The van der Waals surface area contributed by atoms with Crippen LogP contribution in [0.3, 0.4) is 0 Å². The fourth-order valence-electron chi connectivity index (χ4n) is 4.26. The first-order chi connectivity index (χ1) is 16.2. The maximum atomic E-state index is 9.58. The molecule has 3 aromatic carbocycles. The number of benzene rings is 3. The van der Waals surface area contributed by atoms with Gasteiger partial charge < -0.3 is 19.6 Å². The van der Waals surface area contributed by atoms with Crippen molar-refractivity contribution in [2.45, 2.75) is 32.5 Å². The Morgan fingerprint density at radius 3 is 2.30 bits per heavy atom. The zero-order valence-electron chi connectivity index (χ0n) is 18.3. The maximum absolute atomic E-state index is 9.58. The van der Waals surface area contributed by atoms with Crippen LogP contribution in [0, 0.1) is 0 Å². The first-order valence-corrected chi connectivity index (χ1v) is 11.2. The van der Waals surface area contributed by atoms with Gasteiger partial charge in [-0.15, -0.1) is 0 Å². The molecule has 0 unspecified atom stereocenters. The van der Waals surface area contributed by atoms with Gasteiger partial charge in [-0.3, -0.25) is 0 Å². The maximum Gasteiger partial charge on any atom is 0.195 e. The standard InChI is InChI=1S/C28H26N2O3/c31-17-19-6-3-8-21(14-19)27-28(22-9-4-7-20(15-22)18-32)33-26(30-27)13-5-10-23-16-29-25-12-2-1-11-24(23)25/h1-4,6-9,11-12,14-16,29,31-32H,5,10,13,17-18H2. The van der Waals surface area contributed by atoms with Crippen molar-refractivity contribution in [2.75, 3.05) is 0 Å². The zero-order valence-corrected chi connectivity index (χ0v) is 18.3. The number of aryl methyl sites for hydroxylation is 2. The predicted molar refractivity (Wildman–Crippen MR) is 130 cm³/mol. The highest BCUT2D eigenvalue weighted by molar-refractivity contribution is 5.83. The van der Waals surface area contributed by atoms with Gasteiger partial charge in [-0.25, -0.2) is 4.98 Å². The quantitative estimate of drug-likeness (QED) is 0.292. The molecule has 5 rings (SSSR count). The van der Waals surface area contributed by atoms with E-state index in [4.69, 9.17) is 9.40 Å². The van der Waals surface area contributed by atoms with Gasteiger partial charge in [-0.2, -0.15) is 0 Å². The molecule has 3 N–H and O–H groups in total. The molecule has 5 nitrogen and oxygen atoms in total. The first-order valence-electron chi connectivity index (χ1n) is 11.2. The average Bonchev–Trinajstić information content (AvgIpc) is 3.49. The molecular formula is C28H26N2O3. The molecule has 0 bridgehead atoms. The molecule has 0 saturated heterocycles. The number of fused-ring (bicyclic) bond motifs is 1. The van der Waals surface area contributed by atoms with Crippen LogP contribution in [0.25, 0.3) is 33.5 Å². The average molecular weight is 439 g/mol. The molecule has 0 aliphatic carbocycles. The third kappa shape index (κ3) is 4.46. The second-order valence-corrected chi connectivity index (χ2v) is 8.22. The largest absolute Gasteiger partial charge is 0.440 e. The zero-order chi connectivity index (χ0) is 22.6. The smallest absolute Gasteiger partial charge is 0.195 e. The van der Waals surface area contributed by atoms with E-state index in [2.05, 4.69) is 29.4 Å². The number of aliphatic hydroxyl groups is 2. The summed E-state index contributed by atoms with van der Waals surface area (Å²) in [6, 6.07) is 23.7. The van der Waals surface area contributed by atoms with Gasteiger partial charge in [-0.1, -0.05) is 54.6 Å². The molecule has 33 heavy (non-hydrogen) atoms. The molecule has 166 valence electrons. The normalized spacial score (nSPS) is 11.3. The second kappa shape index (κ2) is 9.45. The fourth-order valence-corrected chi connectivity index (χ4v) is 4.26. The Bertz CT molecular complexity index is 1320. The lowest BCUT2D eigenvalue weighted by atomic mass is 10.0. The highest BCUT2D eigenvalue weighted by Crippen LogP contribution is 2.34. The summed E-state index contributed by atoms with van der Waals surface area (Å²) < 4.78 is 6.27. The number of oxazole rings is 1. The summed E-state index contributed by atoms with van der Waals surface area (Å²) in [5, 5.41) is 20.4. The minimum atomic E-state index is -0.0330. The minimum absolute atomic E-state index is 0.0293. The number of H-pyrrole nitrogens is 1. The van der Waals surface area contributed by atoms with Crippen molar-refractivity contribution >= 4 is 10.9 Å². The molecular weight excluding hydrogens is 412 g/mol. The van der Waals surface area contributed by atoms with Crippen LogP contribution in [-0.2, 0) is 26.1 Å². The Balaban J connectivity index is 1.44. The summed E-state index contributed by atoms with van der Waals surface area (Å²) in [5.74, 6) is 1.37. The minimum Gasteiger partial charge on any atom is -0.440 e. The van der Waals surface area contributed by atoms with Crippen LogP contribution in [0.4, 0.5) is 0 Å². The van der Waals surface area contributed by atoms with Crippen LogP contribution >= 0.6 is 0 Å². The molecule has 0 aliphatic heterocycles. The summed E-state index contributed by atoms with van der Waals surface area (Å²) in [6.07, 6.45) is 4.63. The van der Waals surface area contributed by atoms with E-state index in [9.17, 15) is 10.2 Å². The second-order valence-electron chi connectivity index (χ2n) is 8.22. The highest BCUT2D eigenvalue weighted by Gasteiger charge is 2.18. The van der Waals surface area contributed by atoms with E-state index >= 15 is 0 Å². The lowest BCUT2D eigenvalue weighted by Crippen LogP contribution is -1.90. The molecule has 0 fully saturated rings. The van der Waals surface area contributed by atoms with Crippen LogP contribution in [-0.4, -0.2) is 20.2 Å². The number of aliphatic hydroxyl groups excluding tert-OH is 2. The number of hydrogen-bond donors (Lipinski definition) is 3. The van der Waals surface area contributed by atoms with E-state index in [1.54, 1.807) is 0 Å². The van der Waals surface area contributed by atoms with Gasteiger partial charge in [0.25, 0.3) is 0 Å². The monoisotopic (exact) mass is 438 g/mol. The number of aromatic amines is 1. The van der Waals surface area contributed by atoms with E-state index in [1.165, 1.54) is 10.9 Å². The topological polar surface area (TPSA) is 82.3 Å². The molecule has 0 radical (unpaired) electrons. The Hall–Kier alpha value is -3.67. The number of hydrogen-bond acceptors (Lipinski definition) is 4. The molecule has 2 aromatic heterocycles. The van der Waals surface area contributed by atoms with Gasteiger partial charge in [0.05, 0.1) is 13.2 Å². The van der Waals surface area contributed by atoms with Gasteiger partial charge in [0.1, 0.15) is 5.69 Å². The Morgan fingerprint density at radius 1 is 0.788 bits per heavy atom. The Labute approximate surface area is 192 Å². The van der Waals surface area contributed by atoms with Crippen molar-refractivity contribution in [3.05, 3.63) is 102 Å². The van der Waals surface area contributed by atoms with E-state index in [0.29, 0.717) is 18.1 Å². The van der Waals surface area contributed by atoms with E-state index in [-0.39, 0.29) is 13.2 Å². The van der Waals surface area contributed by atoms with Crippen molar-refractivity contribution in [2.24, 2.45) is 0 Å². The third-order valence-corrected chi connectivity index (χ3v) is 5.94. The van der Waals surface area contributed by atoms with Crippen LogP contribution in [0.15, 0.2) is 83.4 Å². The highest BCUT2D eigenvalue weighted by atomic mass is 16.4. The van der Waals surface area contributed by atoms with Crippen molar-refractivity contribution in [3.63, 3.8) is 0 Å². The molecule has 0 amide bonds. The van der Waals surface area contributed by atoms with Crippen molar-refractivity contribution in [3.8, 4) is 22.6 Å². The first kappa shape index (κ1) is 21.2. The fraction of sp³-hybridized carbons (Fsp3) is 0.179. The molecule has 2 heterocycles. The lowest BCUT2D eigenvalue weighted by molar-refractivity contribution is 0.281. The van der Waals surface area contributed by atoms with Gasteiger partial charge in [-0.05, 0) is 47.7 Å². The number of rotatable bonds is 8. The molecule has 0 saturated carbocycles. The summed E-state index contributed by atoms with van der Waals surface area (Å²) >= 11 is 0. The molecule has 5 aromatic rings. The van der Waals surface area contributed by atoms with E-state index in [1.807, 2.05) is 54.6 Å². The molecule has 0 atom stereocenters. The summed E-state index contributed by atoms with van der Waals surface area (Å²) in [5.41, 5.74) is 6.62. The summed E-state index contributed by atoms with van der Waals surface area (Å²) in [4.78, 5) is 8.19. The Kier molecular flexibility index (Phi) is 6.07. The van der Waals surface area contributed by atoms with Gasteiger partial charge in [0.2, 0.25) is 0 Å². The SMILES string of the molecule is OCc1cccc(-c2nc(CCCc3c[nH]c4ccccc34)oc2-c2cccc(CO)c2)c1. The Morgan fingerprint density at radius 2 is 1.52 bits per heavy atom. The van der Waals surface area contributed by atoms with Crippen LogP contribution in [0.2, 0.25) is 0 Å². The van der Waals surface area contributed by atoms with Crippen molar-refractivity contribution in [1.82, 2.24) is 9.97 Å². The predicted octanol–water partition coefficient (Wildman–Crippen LogP) is 5.65. The van der Waals surface area contributed by atoms with Crippen molar-refractivity contribution in [1.29, 1.82) is 0 Å². The van der Waals surface area contributed by atoms with Gasteiger partial charge in [0, 0.05) is 34.6 Å². The number of aromatic nitrogens is 2. The van der Waals surface area contributed by atoms with Crippen LogP contribution < -0.4 is 0 Å².